The van der Waals surface area contributed by atoms with Gasteiger partial charge < -0.3 is 10.4 Å². The van der Waals surface area contributed by atoms with Crippen molar-refractivity contribution >= 4 is 23.3 Å². The number of nitrogens with zero attached hydrogens (tertiary/aromatic N) is 2. The second kappa shape index (κ2) is 5.96. The number of anilines is 1. The largest absolute Gasteiger partial charge is 0.478 e. The summed E-state index contributed by atoms with van der Waals surface area (Å²) in [7, 11) is 1.89. The number of aryl methyl sites for hydroxylation is 2. The molecule has 0 aliphatic rings. The van der Waals surface area contributed by atoms with Crippen LogP contribution in [0.4, 0.5) is 5.69 Å². The minimum atomic E-state index is -1.03. The number of nitrogens with one attached hydrogen (secondary N) is 1. The molecule has 5 nitrogen and oxygen atoms in total. The molecule has 2 rings (SSSR count). The highest BCUT2D eigenvalue weighted by molar-refractivity contribution is 6.33. The van der Waals surface area contributed by atoms with E-state index in [4.69, 9.17) is 16.7 Å². The Balaban J connectivity index is 2.11. The summed E-state index contributed by atoms with van der Waals surface area (Å²) in [5, 5.41) is 16.7. The van der Waals surface area contributed by atoms with Crippen LogP contribution in [0.15, 0.2) is 24.4 Å². The molecular weight excluding hydrogens is 278 g/mol. The van der Waals surface area contributed by atoms with E-state index in [1.165, 1.54) is 6.07 Å². The highest BCUT2D eigenvalue weighted by Gasteiger charge is 2.09. The fourth-order valence-electron chi connectivity index (χ4n) is 2.02. The number of hydrogen-bond donors (Lipinski definition) is 2. The molecule has 0 radical (unpaired) electrons. The highest BCUT2D eigenvalue weighted by atomic mass is 35.5. The molecule has 0 atom stereocenters. The molecule has 0 amide bonds. The van der Waals surface area contributed by atoms with Crippen molar-refractivity contribution in [1.82, 2.24) is 9.78 Å². The third-order valence-corrected chi connectivity index (χ3v) is 3.32. The molecule has 2 aromatic rings. The topological polar surface area (TPSA) is 67.2 Å². The zero-order valence-corrected chi connectivity index (χ0v) is 12.1. The third kappa shape index (κ3) is 3.11. The molecule has 20 heavy (non-hydrogen) atoms. The zero-order chi connectivity index (χ0) is 14.7. The first-order valence-corrected chi connectivity index (χ1v) is 6.67. The predicted molar refractivity (Wildman–Crippen MR) is 78.3 cm³/mol. The van der Waals surface area contributed by atoms with E-state index in [9.17, 15) is 4.79 Å². The van der Waals surface area contributed by atoms with Crippen molar-refractivity contribution < 1.29 is 9.90 Å². The van der Waals surface area contributed by atoms with E-state index < -0.39 is 5.97 Å². The normalized spacial score (nSPS) is 10.6. The van der Waals surface area contributed by atoms with Crippen LogP contribution in [0.2, 0.25) is 5.02 Å². The smallest absolute Gasteiger partial charge is 0.337 e. The van der Waals surface area contributed by atoms with E-state index in [0.717, 1.165) is 23.4 Å². The Kier molecular flexibility index (Phi) is 4.29. The number of carboxylic acid groups (broad SMARTS) is 1. The number of aromatic nitrogens is 2. The number of hydrogen-bond acceptors (Lipinski definition) is 3. The number of halogens is 1. The first-order chi connectivity index (χ1) is 9.51. The summed E-state index contributed by atoms with van der Waals surface area (Å²) >= 11 is 5.93. The van der Waals surface area contributed by atoms with Crippen molar-refractivity contribution in [2.45, 2.75) is 19.9 Å². The summed E-state index contributed by atoms with van der Waals surface area (Å²) < 4.78 is 1.79. The van der Waals surface area contributed by atoms with Gasteiger partial charge in [-0.1, -0.05) is 18.5 Å². The van der Waals surface area contributed by atoms with E-state index in [2.05, 4.69) is 17.3 Å². The maximum Gasteiger partial charge on any atom is 0.337 e. The number of benzene rings is 1. The Morgan fingerprint density at radius 3 is 2.85 bits per heavy atom. The van der Waals surface area contributed by atoms with Gasteiger partial charge in [0.25, 0.3) is 0 Å². The molecule has 0 aliphatic heterocycles. The molecule has 0 aliphatic carbocycles. The number of aromatic carboxylic acids is 1. The number of rotatable bonds is 5. The average molecular weight is 294 g/mol. The lowest BCUT2D eigenvalue weighted by molar-refractivity contribution is 0.0697. The molecule has 0 fully saturated rings. The van der Waals surface area contributed by atoms with Crippen molar-refractivity contribution in [3.05, 3.63) is 46.2 Å². The maximum atomic E-state index is 10.9. The molecule has 0 saturated heterocycles. The minimum absolute atomic E-state index is 0.104. The number of carbonyl (C=O) groups is 1. The Labute approximate surface area is 122 Å². The molecule has 0 unspecified atom stereocenters. The van der Waals surface area contributed by atoms with E-state index in [1.54, 1.807) is 16.8 Å². The van der Waals surface area contributed by atoms with Gasteiger partial charge in [-0.2, -0.15) is 5.10 Å². The Morgan fingerprint density at radius 1 is 1.50 bits per heavy atom. The fraction of sp³-hybridized carbons (Fsp3) is 0.286. The SMILES string of the molecule is CCc1nn(C)cc1CNc1ccc(C(=O)O)c(Cl)c1. The predicted octanol–water partition coefficient (Wildman–Crippen LogP) is 2.95. The Bertz CT molecular complexity index is 637. The van der Waals surface area contributed by atoms with E-state index in [-0.39, 0.29) is 10.6 Å². The summed E-state index contributed by atoms with van der Waals surface area (Å²) in [6.45, 7) is 2.68. The van der Waals surface area contributed by atoms with E-state index in [1.807, 2.05) is 13.2 Å². The van der Waals surface area contributed by atoms with E-state index >= 15 is 0 Å². The second-order valence-corrected chi connectivity index (χ2v) is 4.89. The van der Waals surface area contributed by atoms with Crippen LogP contribution in [0.1, 0.15) is 28.5 Å². The fourth-order valence-corrected chi connectivity index (χ4v) is 2.29. The van der Waals surface area contributed by atoms with Crippen LogP contribution in [0.5, 0.6) is 0 Å². The first-order valence-electron chi connectivity index (χ1n) is 6.29. The van der Waals surface area contributed by atoms with Crippen molar-refractivity contribution in [3.8, 4) is 0 Å². The monoisotopic (exact) mass is 293 g/mol. The van der Waals surface area contributed by atoms with Crippen LogP contribution in [-0.4, -0.2) is 20.9 Å². The van der Waals surface area contributed by atoms with Gasteiger partial charge in [0.15, 0.2) is 0 Å². The Hall–Kier alpha value is -2.01. The van der Waals surface area contributed by atoms with Gasteiger partial charge in [-0.15, -0.1) is 0 Å². The lowest BCUT2D eigenvalue weighted by Crippen LogP contribution is -2.03. The average Bonchev–Trinajstić information content (AvgIpc) is 2.76. The lowest BCUT2D eigenvalue weighted by Gasteiger charge is -2.07. The molecule has 1 aromatic heterocycles. The van der Waals surface area contributed by atoms with Gasteiger partial charge >= 0.3 is 5.97 Å². The van der Waals surface area contributed by atoms with Gasteiger partial charge in [-0.05, 0) is 24.6 Å². The standard InChI is InChI=1S/C14H16ClN3O2/c1-3-13-9(8-18(2)17-13)7-16-10-4-5-11(14(19)20)12(15)6-10/h4-6,8,16H,3,7H2,1-2H3,(H,19,20). The van der Waals surface area contributed by atoms with Crippen molar-refractivity contribution in [3.63, 3.8) is 0 Å². The van der Waals surface area contributed by atoms with E-state index in [0.29, 0.717) is 6.54 Å². The molecule has 106 valence electrons. The Morgan fingerprint density at radius 2 is 2.25 bits per heavy atom. The minimum Gasteiger partial charge on any atom is -0.478 e. The molecule has 0 spiro atoms. The second-order valence-electron chi connectivity index (χ2n) is 4.48. The van der Waals surface area contributed by atoms with Gasteiger partial charge in [-0.25, -0.2) is 4.79 Å². The van der Waals surface area contributed by atoms with Crippen LogP contribution >= 0.6 is 11.6 Å². The van der Waals surface area contributed by atoms with Gasteiger partial charge in [0.2, 0.25) is 0 Å². The van der Waals surface area contributed by atoms with Crippen molar-refractivity contribution in [1.29, 1.82) is 0 Å². The zero-order valence-electron chi connectivity index (χ0n) is 11.4. The van der Waals surface area contributed by atoms with Gasteiger partial charge in [0.1, 0.15) is 0 Å². The van der Waals surface area contributed by atoms with Gasteiger partial charge in [0.05, 0.1) is 16.3 Å². The quantitative estimate of drug-likeness (QED) is 0.889. The molecule has 6 heteroatoms. The van der Waals surface area contributed by atoms with Crippen molar-refractivity contribution in [2.75, 3.05) is 5.32 Å². The highest BCUT2D eigenvalue weighted by Crippen LogP contribution is 2.21. The molecular formula is C14H16ClN3O2. The van der Waals surface area contributed by atoms with Crippen molar-refractivity contribution in [2.24, 2.45) is 7.05 Å². The summed E-state index contributed by atoms with van der Waals surface area (Å²) in [6, 6.07) is 4.82. The molecule has 2 N–H and O–H groups in total. The summed E-state index contributed by atoms with van der Waals surface area (Å²) in [5.74, 6) is -1.03. The number of carboxylic acids is 1. The van der Waals surface area contributed by atoms with Gasteiger partial charge in [-0.3, -0.25) is 4.68 Å². The van der Waals surface area contributed by atoms with Crippen LogP contribution < -0.4 is 5.32 Å². The maximum absolute atomic E-state index is 10.9. The lowest BCUT2D eigenvalue weighted by atomic mass is 10.2. The van der Waals surface area contributed by atoms with Crippen LogP contribution in [0, 0.1) is 0 Å². The summed E-state index contributed by atoms with van der Waals surface area (Å²) in [6.07, 6.45) is 2.84. The van der Waals surface area contributed by atoms with Crippen LogP contribution in [0.3, 0.4) is 0 Å². The first kappa shape index (κ1) is 14.4. The molecule has 1 heterocycles. The summed E-state index contributed by atoms with van der Waals surface area (Å²) in [4.78, 5) is 10.9. The molecule has 1 aromatic carbocycles. The molecule has 0 saturated carbocycles. The summed E-state index contributed by atoms with van der Waals surface area (Å²) in [5.41, 5.74) is 3.06. The van der Waals surface area contributed by atoms with Crippen LogP contribution in [0.25, 0.3) is 0 Å². The van der Waals surface area contributed by atoms with Crippen LogP contribution in [-0.2, 0) is 20.0 Å². The third-order valence-electron chi connectivity index (χ3n) is 3.01. The molecule has 0 bridgehead atoms. The van der Waals surface area contributed by atoms with Gasteiger partial charge in [0, 0.05) is 31.0 Å².